The average Bonchev–Trinajstić information content (AvgIpc) is 2.47. The number of rotatable bonds is 5. The van der Waals surface area contributed by atoms with Gasteiger partial charge in [-0.1, -0.05) is 50.6 Å². The van der Waals surface area contributed by atoms with E-state index in [1.165, 1.54) is 32.1 Å². The van der Waals surface area contributed by atoms with Gasteiger partial charge in [-0.2, -0.15) is 0 Å². The van der Waals surface area contributed by atoms with E-state index in [1.54, 1.807) is 6.07 Å². The summed E-state index contributed by atoms with van der Waals surface area (Å²) in [6.45, 7) is 2.76. The van der Waals surface area contributed by atoms with Crippen LogP contribution < -0.4 is 5.32 Å². The molecule has 0 radical (unpaired) electrons. The van der Waals surface area contributed by atoms with Gasteiger partial charge in [0, 0.05) is 17.8 Å². The predicted octanol–water partition coefficient (Wildman–Crippen LogP) is 4.00. The molecule has 1 aromatic heterocycles. The number of pyridine rings is 1. The van der Waals surface area contributed by atoms with Crippen molar-refractivity contribution in [3.05, 3.63) is 28.5 Å². The summed E-state index contributed by atoms with van der Waals surface area (Å²) in [5, 5.41) is 3.39. The lowest BCUT2D eigenvalue weighted by molar-refractivity contribution is 0.0950. The van der Waals surface area contributed by atoms with Crippen molar-refractivity contribution in [1.29, 1.82) is 0 Å². The Bertz CT molecular complexity index is 456. The summed E-state index contributed by atoms with van der Waals surface area (Å²) < 4.78 is 0. The highest BCUT2D eigenvalue weighted by Crippen LogP contribution is 2.25. The van der Waals surface area contributed by atoms with Crippen LogP contribution in [0.5, 0.6) is 0 Å². The molecule has 0 aliphatic heterocycles. The van der Waals surface area contributed by atoms with Crippen molar-refractivity contribution in [3.8, 4) is 0 Å². The second-order valence-corrected chi connectivity index (χ2v) is 5.96. The summed E-state index contributed by atoms with van der Waals surface area (Å²) in [5.74, 6) is 0.746. The molecule has 4 heteroatoms. The maximum Gasteiger partial charge on any atom is 0.251 e. The van der Waals surface area contributed by atoms with Gasteiger partial charge >= 0.3 is 0 Å². The van der Waals surface area contributed by atoms with Crippen molar-refractivity contribution >= 4 is 17.5 Å². The van der Waals surface area contributed by atoms with Gasteiger partial charge in [0.15, 0.2) is 0 Å². The summed E-state index contributed by atoms with van der Waals surface area (Å²) in [5.41, 5.74) is 1.47. The van der Waals surface area contributed by atoms with Crippen LogP contribution in [0.4, 0.5) is 0 Å². The maximum absolute atomic E-state index is 12.1. The standard InChI is InChI=1S/C16H23ClN2O/c1-2-14-10-13(11-15(17)19-14)16(20)18-9-8-12-6-4-3-5-7-12/h10-12H,2-9H2,1H3,(H,18,20). The third kappa shape index (κ3) is 4.48. The van der Waals surface area contributed by atoms with Gasteiger partial charge in [-0.05, 0) is 30.9 Å². The molecule has 1 amide bonds. The Morgan fingerprint density at radius 2 is 2.10 bits per heavy atom. The second kappa shape index (κ2) is 7.63. The number of aromatic nitrogens is 1. The van der Waals surface area contributed by atoms with Crippen LogP contribution in [0.2, 0.25) is 5.15 Å². The molecule has 0 unspecified atom stereocenters. The normalized spacial score (nSPS) is 16.1. The zero-order valence-corrected chi connectivity index (χ0v) is 12.9. The number of hydrogen-bond acceptors (Lipinski definition) is 2. The van der Waals surface area contributed by atoms with Crippen LogP contribution in [0.25, 0.3) is 0 Å². The Labute approximate surface area is 126 Å². The largest absolute Gasteiger partial charge is 0.352 e. The molecule has 1 N–H and O–H groups in total. The zero-order valence-electron chi connectivity index (χ0n) is 12.1. The fourth-order valence-electron chi connectivity index (χ4n) is 2.83. The molecule has 0 atom stereocenters. The number of amides is 1. The number of carbonyl (C=O) groups is 1. The number of halogens is 1. The van der Waals surface area contributed by atoms with Gasteiger partial charge < -0.3 is 5.32 Å². The van der Waals surface area contributed by atoms with Crippen molar-refractivity contribution in [1.82, 2.24) is 10.3 Å². The van der Waals surface area contributed by atoms with Gasteiger partial charge in [0.05, 0.1) is 0 Å². The van der Waals surface area contributed by atoms with Crippen LogP contribution in [0, 0.1) is 5.92 Å². The first-order valence-electron chi connectivity index (χ1n) is 7.63. The highest BCUT2D eigenvalue weighted by atomic mass is 35.5. The van der Waals surface area contributed by atoms with E-state index in [2.05, 4.69) is 10.3 Å². The topological polar surface area (TPSA) is 42.0 Å². The molecule has 0 spiro atoms. The summed E-state index contributed by atoms with van der Waals surface area (Å²) >= 11 is 5.94. The van der Waals surface area contributed by atoms with Crippen molar-refractivity contribution in [2.45, 2.75) is 51.9 Å². The smallest absolute Gasteiger partial charge is 0.251 e. The second-order valence-electron chi connectivity index (χ2n) is 5.57. The van der Waals surface area contributed by atoms with Crippen LogP contribution in [0.15, 0.2) is 12.1 Å². The molecule has 2 rings (SSSR count). The van der Waals surface area contributed by atoms with Crippen LogP contribution in [0.3, 0.4) is 0 Å². The molecule has 1 saturated carbocycles. The van der Waals surface area contributed by atoms with Crippen LogP contribution >= 0.6 is 11.6 Å². The highest BCUT2D eigenvalue weighted by molar-refractivity contribution is 6.29. The maximum atomic E-state index is 12.1. The number of hydrogen-bond donors (Lipinski definition) is 1. The summed E-state index contributed by atoms with van der Waals surface area (Å²) in [6, 6.07) is 3.46. The lowest BCUT2D eigenvalue weighted by atomic mass is 9.87. The van der Waals surface area contributed by atoms with E-state index < -0.39 is 0 Å². The molecular formula is C16H23ClN2O. The van der Waals surface area contributed by atoms with E-state index in [-0.39, 0.29) is 5.91 Å². The monoisotopic (exact) mass is 294 g/mol. The Balaban J connectivity index is 1.83. The number of nitrogens with zero attached hydrogens (tertiary/aromatic N) is 1. The number of carbonyl (C=O) groups excluding carboxylic acids is 1. The molecule has 20 heavy (non-hydrogen) atoms. The molecule has 1 fully saturated rings. The third-order valence-electron chi connectivity index (χ3n) is 4.03. The molecule has 1 heterocycles. The number of nitrogens with one attached hydrogen (secondary N) is 1. The Kier molecular flexibility index (Phi) is 5.84. The molecule has 1 aliphatic carbocycles. The van der Waals surface area contributed by atoms with E-state index in [0.717, 1.165) is 31.0 Å². The molecule has 0 saturated heterocycles. The van der Waals surface area contributed by atoms with Crippen molar-refractivity contribution in [2.75, 3.05) is 6.54 Å². The minimum atomic E-state index is -0.0418. The quantitative estimate of drug-likeness (QED) is 0.834. The van der Waals surface area contributed by atoms with Gasteiger partial charge in [0.25, 0.3) is 5.91 Å². The van der Waals surface area contributed by atoms with Gasteiger partial charge in [-0.15, -0.1) is 0 Å². The zero-order chi connectivity index (χ0) is 14.4. The van der Waals surface area contributed by atoms with E-state index in [9.17, 15) is 4.79 Å². The van der Waals surface area contributed by atoms with Gasteiger partial charge in [0.1, 0.15) is 5.15 Å². The molecule has 0 aromatic carbocycles. The summed E-state index contributed by atoms with van der Waals surface area (Å²) in [4.78, 5) is 16.3. The molecule has 0 bridgehead atoms. The lowest BCUT2D eigenvalue weighted by Gasteiger charge is -2.21. The summed E-state index contributed by atoms with van der Waals surface area (Å²) in [6.07, 6.45) is 8.57. The van der Waals surface area contributed by atoms with E-state index in [4.69, 9.17) is 11.6 Å². The first kappa shape index (κ1) is 15.3. The van der Waals surface area contributed by atoms with Crippen molar-refractivity contribution in [2.24, 2.45) is 5.92 Å². The van der Waals surface area contributed by atoms with Crippen molar-refractivity contribution < 1.29 is 4.79 Å². The van der Waals surface area contributed by atoms with E-state index in [1.807, 2.05) is 13.0 Å². The molecule has 3 nitrogen and oxygen atoms in total. The average molecular weight is 295 g/mol. The minimum absolute atomic E-state index is 0.0418. The molecule has 110 valence electrons. The number of aryl methyl sites for hydroxylation is 1. The van der Waals surface area contributed by atoms with E-state index in [0.29, 0.717) is 10.7 Å². The molecule has 1 aromatic rings. The minimum Gasteiger partial charge on any atom is -0.352 e. The fourth-order valence-corrected chi connectivity index (χ4v) is 3.06. The van der Waals surface area contributed by atoms with Crippen LogP contribution in [0.1, 0.15) is 61.5 Å². The lowest BCUT2D eigenvalue weighted by Crippen LogP contribution is -2.26. The first-order chi connectivity index (χ1) is 9.69. The first-order valence-corrected chi connectivity index (χ1v) is 8.01. The Morgan fingerprint density at radius 3 is 2.80 bits per heavy atom. The summed E-state index contributed by atoms with van der Waals surface area (Å²) in [7, 11) is 0. The molecule has 1 aliphatic rings. The van der Waals surface area contributed by atoms with Crippen LogP contribution in [-0.2, 0) is 6.42 Å². The highest BCUT2D eigenvalue weighted by Gasteiger charge is 2.14. The predicted molar refractivity (Wildman–Crippen MR) is 82.2 cm³/mol. The van der Waals surface area contributed by atoms with Gasteiger partial charge in [0.2, 0.25) is 0 Å². The van der Waals surface area contributed by atoms with Gasteiger partial charge in [-0.25, -0.2) is 4.98 Å². The van der Waals surface area contributed by atoms with E-state index >= 15 is 0 Å². The van der Waals surface area contributed by atoms with Gasteiger partial charge in [-0.3, -0.25) is 4.79 Å². The molecular weight excluding hydrogens is 272 g/mol. The SMILES string of the molecule is CCc1cc(C(=O)NCCC2CCCCC2)cc(Cl)n1. The fraction of sp³-hybridized carbons (Fsp3) is 0.625. The van der Waals surface area contributed by atoms with Crippen LogP contribution in [-0.4, -0.2) is 17.4 Å². The van der Waals surface area contributed by atoms with Crippen molar-refractivity contribution in [3.63, 3.8) is 0 Å². The third-order valence-corrected chi connectivity index (χ3v) is 4.23. The Morgan fingerprint density at radius 1 is 1.35 bits per heavy atom. The Hall–Kier alpha value is -1.09.